The second kappa shape index (κ2) is 6.95. The summed E-state index contributed by atoms with van der Waals surface area (Å²) >= 11 is 0. The number of likely N-dealkylation sites (N-methyl/N-ethyl adjacent to an activating group) is 1. The molecule has 0 bridgehead atoms. The van der Waals surface area contributed by atoms with Gasteiger partial charge in [-0.15, -0.1) is 0 Å². The highest BCUT2D eigenvalue weighted by atomic mass is 16.2. The van der Waals surface area contributed by atoms with Crippen LogP contribution < -0.4 is 5.32 Å². The first-order chi connectivity index (χ1) is 10.5. The molecule has 0 heterocycles. The molecule has 1 aliphatic rings. The fourth-order valence-corrected chi connectivity index (χ4v) is 3.26. The van der Waals surface area contributed by atoms with E-state index in [1.165, 1.54) is 0 Å². The molecular weight excluding hydrogens is 276 g/mol. The molecule has 0 radical (unpaired) electrons. The van der Waals surface area contributed by atoms with E-state index in [4.69, 9.17) is 0 Å². The number of anilines is 1. The predicted octanol–water partition coefficient (Wildman–Crippen LogP) is 3.23. The van der Waals surface area contributed by atoms with Gasteiger partial charge in [-0.1, -0.05) is 44.9 Å². The predicted molar refractivity (Wildman–Crippen MR) is 88.7 cm³/mol. The Morgan fingerprint density at radius 3 is 2.50 bits per heavy atom. The molecule has 2 amide bonds. The average molecular weight is 302 g/mol. The van der Waals surface area contributed by atoms with Crippen LogP contribution in [0.1, 0.15) is 45.1 Å². The van der Waals surface area contributed by atoms with E-state index in [-0.39, 0.29) is 23.8 Å². The zero-order valence-corrected chi connectivity index (χ0v) is 13.8. The van der Waals surface area contributed by atoms with Gasteiger partial charge in [0.2, 0.25) is 11.8 Å². The summed E-state index contributed by atoms with van der Waals surface area (Å²) in [6, 6.07) is 7.77. The Bertz CT molecular complexity index is 548. The van der Waals surface area contributed by atoms with Gasteiger partial charge in [-0.25, -0.2) is 0 Å². The highest BCUT2D eigenvalue weighted by molar-refractivity contribution is 5.95. The van der Waals surface area contributed by atoms with Crippen LogP contribution in [-0.4, -0.2) is 30.3 Å². The summed E-state index contributed by atoms with van der Waals surface area (Å²) in [5.74, 6) is -0.0535. The maximum absolute atomic E-state index is 12.5. The molecule has 1 aliphatic carbocycles. The topological polar surface area (TPSA) is 49.4 Å². The lowest BCUT2D eigenvalue weighted by Gasteiger charge is -2.28. The minimum absolute atomic E-state index is 0.0870. The van der Waals surface area contributed by atoms with E-state index in [0.717, 1.165) is 43.4 Å². The monoisotopic (exact) mass is 302 g/mol. The Morgan fingerprint density at radius 2 is 1.86 bits per heavy atom. The molecule has 22 heavy (non-hydrogen) atoms. The van der Waals surface area contributed by atoms with Gasteiger partial charge in [0.1, 0.15) is 0 Å². The van der Waals surface area contributed by atoms with Crippen molar-refractivity contribution in [3.63, 3.8) is 0 Å². The van der Waals surface area contributed by atoms with Crippen molar-refractivity contribution >= 4 is 17.5 Å². The fraction of sp³-hybridized carbons (Fsp3) is 0.556. The van der Waals surface area contributed by atoms with Gasteiger partial charge in [0.05, 0.1) is 6.54 Å². The number of rotatable bonds is 5. The molecule has 120 valence electrons. The van der Waals surface area contributed by atoms with Gasteiger partial charge in [0.25, 0.3) is 0 Å². The molecule has 0 unspecified atom stereocenters. The van der Waals surface area contributed by atoms with Crippen molar-refractivity contribution in [3.05, 3.63) is 29.8 Å². The molecule has 2 rings (SSSR count). The maximum Gasteiger partial charge on any atom is 0.243 e. The number of carbonyl (C=O) groups excluding carboxylic acids is 2. The minimum atomic E-state index is -0.281. The summed E-state index contributed by atoms with van der Waals surface area (Å²) < 4.78 is 0. The summed E-state index contributed by atoms with van der Waals surface area (Å²) in [6.07, 6.45) is 4.93. The lowest BCUT2D eigenvalue weighted by atomic mass is 9.87. The molecule has 1 N–H and O–H groups in total. The van der Waals surface area contributed by atoms with Crippen molar-refractivity contribution < 1.29 is 9.59 Å². The first-order valence-electron chi connectivity index (χ1n) is 8.09. The molecule has 1 saturated carbocycles. The molecule has 0 aromatic heterocycles. The third-order valence-corrected chi connectivity index (χ3v) is 4.62. The molecule has 0 atom stereocenters. The summed E-state index contributed by atoms with van der Waals surface area (Å²) in [4.78, 5) is 26.3. The van der Waals surface area contributed by atoms with E-state index in [9.17, 15) is 9.59 Å². The molecule has 0 saturated heterocycles. The number of hydrogen-bond donors (Lipinski definition) is 1. The number of para-hydroxylation sites is 1. The number of aryl methyl sites for hydroxylation is 1. The van der Waals surface area contributed by atoms with Crippen LogP contribution in [0.3, 0.4) is 0 Å². The molecule has 0 aliphatic heterocycles. The lowest BCUT2D eigenvalue weighted by Crippen LogP contribution is -2.42. The SMILES string of the molecule is CCc1ccccc1NC(=O)CN(C)C(=O)C1(C)CCCC1. The quantitative estimate of drug-likeness (QED) is 0.908. The Labute approximate surface area is 132 Å². The minimum Gasteiger partial charge on any atom is -0.336 e. The Hall–Kier alpha value is -1.84. The first-order valence-corrected chi connectivity index (χ1v) is 8.09. The molecular formula is C18H26N2O2. The van der Waals surface area contributed by atoms with E-state index in [2.05, 4.69) is 12.2 Å². The highest BCUT2D eigenvalue weighted by Crippen LogP contribution is 2.38. The second-order valence-electron chi connectivity index (χ2n) is 6.49. The molecule has 0 spiro atoms. The number of amides is 2. The van der Waals surface area contributed by atoms with Crippen LogP contribution >= 0.6 is 0 Å². The third-order valence-electron chi connectivity index (χ3n) is 4.62. The van der Waals surface area contributed by atoms with E-state index >= 15 is 0 Å². The van der Waals surface area contributed by atoms with Crippen LogP contribution in [0.25, 0.3) is 0 Å². The van der Waals surface area contributed by atoms with Crippen LogP contribution in [0.2, 0.25) is 0 Å². The number of nitrogens with zero attached hydrogens (tertiary/aromatic N) is 1. The lowest BCUT2D eigenvalue weighted by molar-refractivity contribution is -0.141. The molecule has 4 heteroatoms. The van der Waals surface area contributed by atoms with Gasteiger partial charge in [-0.3, -0.25) is 9.59 Å². The van der Waals surface area contributed by atoms with Crippen LogP contribution in [0.5, 0.6) is 0 Å². The maximum atomic E-state index is 12.5. The zero-order chi connectivity index (χ0) is 16.2. The number of benzene rings is 1. The molecule has 4 nitrogen and oxygen atoms in total. The number of nitrogens with one attached hydrogen (secondary N) is 1. The summed E-state index contributed by atoms with van der Waals surface area (Å²) in [6.45, 7) is 4.18. The first kappa shape index (κ1) is 16.5. The van der Waals surface area contributed by atoms with Crippen molar-refractivity contribution in [2.45, 2.75) is 46.0 Å². The largest absolute Gasteiger partial charge is 0.336 e. The zero-order valence-electron chi connectivity index (χ0n) is 13.8. The van der Waals surface area contributed by atoms with Crippen molar-refractivity contribution in [2.75, 3.05) is 18.9 Å². The molecule has 1 aromatic rings. The van der Waals surface area contributed by atoms with E-state index in [1.807, 2.05) is 31.2 Å². The normalized spacial score (nSPS) is 16.3. The van der Waals surface area contributed by atoms with Gasteiger partial charge >= 0.3 is 0 Å². The standard InChI is InChI=1S/C18H26N2O2/c1-4-14-9-5-6-10-15(14)19-16(21)13-20(3)17(22)18(2)11-7-8-12-18/h5-6,9-10H,4,7-8,11-13H2,1-3H3,(H,19,21). The van der Waals surface area contributed by atoms with Crippen LogP contribution in [0.15, 0.2) is 24.3 Å². The third kappa shape index (κ3) is 3.67. The van der Waals surface area contributed by atoms with Crippen molar-refractivity contribution in [1.82, 2.24) is 4.90 Å². The van der Waals surface area contributed by atoms with Crippen LogP contribution in [0.4, 0.5) is 5.69 Å². The van der Waals surface area contributed by atoms with Crippen molar-refractivity contribution in [2.24, 2.45) is 5.41 Å². The molecule has 1 fully saturated rings. The Morgan fingerprint density at radius 1 is 1.23 bits per heavy atom. The van der Waals surface area contributed by atoms with Gasteiger partial charge in [0, 0.05) is 18.2 Å². The van der Waals surface area contributed by atoms with E-state index < -0.39 is 0 Å². The van der Waals surface area contributed by atoms with E-state index in [1.54, 1.807) is 11.9 Å². The smallest absolute Gasteiger partial charge is 0.243 e. The van der Waals surface area contributed by atoms with E-state index in [0.29, 0.717) is 0 Å². The molecule has 1 aromatic carbocycles. The van der Waals surface area contributed by atoms with Gasteiger partial charge in [-0.2, -0.15) is 0 Å². The van der Waals surface area contributed by atoms with Crippen LogP contribution in [-0.2, 0) is 16.0 Å². The van der Waals surface area contributed by atoms with Crippen molar-refractivity contribution in [3.8, 4) is 0 Å². The van der Waals surface area contributed by atoms with Crippen LogP contribution in [0, 0.1) is 5.41 Å². The number of hydrogen-bond acceptors (Lipinski definition) is 2. The fourth-order valence-electron chi connectivity index (χ4n) is 3.26. The van der Waals surface area contributed by atoms with Gasteiger partial charge < -0.3 is 10.2 Å². The van der Waals surface area contributed by atoms with Gasteiger partial charge in [0.15, 0.2) is 0 Å². The average Bonchev–Trinajstić information content (AvgIpc) is 2.94. The Kier molecular flexibility index (Phi) is 5.22. The Balaban J connectivity index is 1.95. The summed E-state index contributed by atoms with van der Waals surface area (Å²) in [5.41, 5.74) is 1.66. The number of carbonyl (C=O) groups is 2. The highest BCUT2D eigenvalue weighted by Gasteiger charge is 2.38. The summed E-state index contributed by atoms with van der Waals surface area (Å²) in [7, 11) is 1.72. The van der Waals surface area contributed by atoms with Crippen molar-refractivity contribution in [1.29, 1.82) is 0 Å². The summed E-state index contributed by atoms with van der Waals surface area (Å²) in [5, 5.41) is 2.92. The van der Waals surface area contributed by atoms with Gasteiger partial charge in [-0.05, 0) is 30.9 Å². The second-order valence-corrected chi connectivity index (χ2v) is 6.49.